The van der Waals surface area contributed by atoms with Gasteiger partial charge in [0, 0.05) is 13.1 Å². The molecule has 3 nitrogen and oxygen atoms in total. The molecule has 0 aromatic rings. The minimum atomic E-state index is 0.0764. The van der Waals surface area contributed by atoms with Gasteiger partial charge in [0.15, 0.2) is 0 Å². The molecule has 0 unspecified atom stereocenters. The monoisotopic (exact) mass is 169 g/mol. The molecule has 68 valence electrons. The third-order valence-electron chi connectivity index (χ3n) is 1.59. The summed E-state index contributed by atoms with van der Waals surface area (Å²) in [6.07, 6.45) is 4.43. The molecule has 0 atom stereocenters. The number of aldehydes is 1. The van der Waals surface area contributed by atoms with E-state index in [0.29, 0.717) is 0 Å². The zero-order valence-electron chi connectivity index (χ0n) is 7.45. The fraction of sp³-hybridized carbons (Fsp3) is 0.556. The van der Waals surface area contributed by atoms with Crippen LogP contribution in [-0.4, -0.2) is 30.2 Å². The van der Waals surface area contributed by atoms with Crippen LogP contribution in [0.2, 0.25) is 0 Å². The molecule has 0 spiro atoms. The first-order valence-electron chi connectivity index (χ1n) is 4.07. The van der Waals surface area contributed by atoms with E-state index in [1.165, 1.54) is 13.0 Å². The third kappa shape index (κ3) is 3.91. The van der Waals surface area contributed by atoms with E-state index in [1.54, 1.807) is 0 Å². The Bertz CT molecular complexity index is 160. The minimum Gasteiger partial charge on any atom is -0.339 e. The van der Waals surface area contributed by atoms with E-state index in [4.69, 9.17) is 4.79 Å². The predicted octanol–water partition coefficient (Wildman–Crippen LogP) is 1.00. The summed E-state index contributed by atoms with van der Waals surface area (Å²) < 4.78 is 0. The lowest BCUT2D eigenvalue weighted by molar-refractivity contribution is -0.125. The molecule has 1 heterocycles. The second-order valence-corrected chi connectivity index (χ2v) is 2.47. The van der Waals surface area contributed by atoms with Crippen LogP contribution in [0.4, 0.5) is 0 Å². The number of nitrogens with zero attached hydrogens (tertiary/aromatic N) is 1. The molecule has 0 N–H and O–H groups in total. The van der Waals surface area contributed by atoms with Gasteiger partial charge in [-0.1, -0.05) is 6.58 Å². The van der Waals surface area contributed by atoms with E-state index >= 15 is 0 Å². The first-order valence-corrected chi connectivity index (χ1v) is 4.07. The number of carbonyl (C=O) groups excluding carboxylic acids is 2. The SMILES string of the molecule is C=CC(=O)N1CCCC1.CC=O. The van der Waals surface area contributed by atoms with Crippen molar-refractivity contribution in [3.8, 4) is 0 Å². The van der Waals surface area contributed by atoms with Crippen molar-refractivity contribution in [2.24, 2.45) is 0 Å². The van der Waals surface area contributed by atoms with Crippen LogP contribution in [0.25, 0.3) is 0 Å². The molecule has 1 amide bonds. The van der Waals surface area contributed by atoms with E-state index < -0.39 is 0 Å². The molecule has 1 fully saturated rings. The van der Waals surface area contributed by atoms with Crippen LogP contribution in [0.3, 0.4) is 0 Å². The van der Waals surface area contributed by atoms with Crippen molar-refractivity contribution in [1.82, 2.24) is 4.90 Å². The first kappa shape index (κ1) is 10.9. The number of amides is 1. The maximum absolute atomic E-state index is 10.8. The van der Waals surface area contributed by atoms with Gasteiger partial charge in [0.1, 0.15) is 6.29 Å². The maximum atomic E-state index is 10.8. The molecule has 1 aliphatic rings. The normalized spacial score (nSPS) is 14.6. The topological polar surface area (TPSA) is 37.4 Å². The fourth-order valence-corrected chi connectivity index (χ4v) is 1.07. The summed E-state index contributed by atoms with van der Waals surface area (Å²) in [6, 6.07) is 0. The van der Waals surface area contributed by atoms with Gasteiger partial charge in [-0.2, -0.15) is 0 Å². The molecule has 1 saturated heterocycles. The van der Waals surface area contributed by atoms with Crippen LogP contribution in [-0.2, 0) is 9.59 Å². The number of rotatable bonds is 1. The average molecular weight is 169 g/mol. The molecular weight excluding hydrogens is 154 g/mol. The Morgan fingerprint density at radius 2 is 1.83 bits per heavy atom. The first-order chi connectivity index (χ1) is 5.76. The lowest BCUT2D eigenvalue weighted by atomic mass is 10.4. The molecule has 12 heavy (non-hydrogen) atoms. The highest BCUT2D eigenvalue weighted by Crippen LogP contribution is 2.06. The molecule has 0 radical (unpaired) electrons. The van der Waals surface area contributed by atoms with Gasteiger partial charge < -0.3 is 9.69 Å². The van der Waals surface area contributed by atoms with E-state index in [-0.39, 0.29) is 5.91 Å². The molecular formula is C9H15NO2. The number of likely N-dealkylation sites (tertiary alicyclic amines) is 1. The summed E-state index contributed by atoms with van der Waals surface area (Å²) in [6.45, 7) is 6.70. The van der Waals surface area contributed by atoms with Gasteiger partial charge in [-0.15, -0.1) is 0 Å². The van der Waals surface area contributed by atoms with Crippen molar-refractivity contribution in [2.75, 3.05) is 13.1 Å². The summed E-state index contributed by atoms with van der Waals surface area (Å²) in [4.78, 5) is 21.5. The smallest absolute Gasteiger partial charge is 0.245 e. The highest BCUT2D eigenvalue weighted by molar-refractivity contribution is 5.87. The molecule has 0 aromatic carbocycles. The molecule has 3 heteroatoms. The standard InChI is InChI=1S/C7H11NO.C2H4O/c1-2-7(9)8-5-3-4-6-8;1-2-3/h2H,1,3-6H2;2H,1H3. The summed E-state index contributed by atoms with van der Waals surface area (Å²) in [5.41, 5.74) is 0. The van der Waals surface area contributed by atoms with Gasteiger partial charge in [0.2, 0.25) is 5.91 Å². The highest BCUT2D eigenvalue weighted by atomic mass is 16.2. The zero-order valence-corrected chi connectivity index (χ0v) is 7.45. The van der Waals surface area contributed by atoms with Crippen LogP contribution < -0.4 is 0 Å². The third-order valence-corrected chi connectivity index (χ3v) is 1.59. The highest BCUT2D eigenvalue weighted by Gasteiger charge is 2.13. The zero-order chi connectivity index (χ0) is 9.40. The van der Waals surface area contributed by atoms with Crippen LogP contribution >= 0.6 is 0 Å². The van der Waals surface area contributed by atoms with Crippen LogP contribution in [0.5, 0.6) is 0 Å². The van der Waals surface area contributed by atoms with Crippen molar-refractivity contribution in [2.45, 2.75) is 19.8 Å². The van der Waals surface area contributed by atoms with E-state index in [9.17, 15) is 4.79 Å². The van der Waals surface area contributed by atoms with Crippen LogP contribution in [0.15, 0.2) is 12.7 Å². The van der Waals surface area contributed by atoms with E-state index in [1.807, 2.05) is 4.90 Å². The summed E-state index contributed by atoms with van der Waals surface area (Å²) in [5.74, 6) is 0.0764. The Morgan fingerprint density at radius 1 is 1.42 bits per heavy atom. The molecule has 0 aliphatic carbocycles. The predicted molar refractivity (Wildman–Crippen MR) is 47.7 cm³/mol. The van der Waals surface area contributed by atoms with E-state index in [2.05, 4.69) is 6.58 Å². The number of hydrogen-bond donors (Lipinski definition) is 0. The Labute approximate surface area is 73.1 Å². The van der Waals surface area contributed by atoms with Gasteiger partial charge in [0.25, 0.3) is 0 Å². The number of carbonyl (C=O) groups is 2. The van der Waals surface area contributed by atoms with Crippen molar-refractivity contribution in [3.05, 3.63) is 12.7 Å². The van der Waals surface area contributed by atoms with Crippen molar-refractivity contribution in [1.29, 1.82) is 0 Å². The van der Waals surface area contributed by atoms with Crippen LogP contribution in [0, 0.1) is 0 Å². The second-order valence-electron chi connectivity index (χ2n) is 2.47. The molecule has 0 saturated carbocycles. The Hall–Kier alpha value is -1.12. The fourth-order valence-electron chi connectivity index (χ4n) is 1.07. The largest absolute Gasteiger partial charge is 0.339 e. The lowest BCUT2D eigenvalue weighted by Crippen LogP contribution is -2.25. The number of hydrogen-bond acceptors (Lipinski definition) is 2. The molecule has 1 aliphatic heterocycles. The minimum absolute atomic E-state index is 0.0764. The molecule has 0 aromatic heterocycles. The Morgan fingerprint density at radius 3 is 2.17 bits per heavy atom. The van der Waals surface area contributed by atoms with Crippen molar-refractivity contribution in [3.63, 3.8) is 0 Å². The van der Waals surface area contributed by atoms with Gasteiger partial charge >= 0.3 is 0 Å². The van der Waals surface area contributed by atoms with Crippen molar-refractivity contribution < 1.29 is 9.59 Å². The van der Waals surface area contributed by atoms with Gasteiger partial charge in [-0.05, 0) is 25.8 Å². The van der Waals surface area contributed by atoms with Gasteiger partial charge in [-0.25, -0.2) is 0 Å². The van der Waals surface area contributed by atoms with Gasteiger partial charge in [-0.3, -0.25) is 4.79 Å². The van der Waals surface area contributed by atoms with E-state index in [0.717, 1.165) is 32.2 Å². The molecule has 1 rings (SSSR count). The maximum Gasteiger partial charge on any atom is 0.245 e. The Kier molecular flexibility index (Phi) is 5.97. The molecule has 0 bridgehead atoms. The summed E-state index contributed by atoms with van der Waals surface area (Å²) >= 11 is 0. The van der Waals surface area contributed by atoms with Crippen molar-refractivity contribution >= 4 is 12.2 Å². The second kappa shape index (κ2) is 6.58. The summed E-state index contributed by atoms with van der Waals surface area (Å²) in [7, 11) is 0. The summed E-state index contributed by atoms with van der Waals surface area (Å²) in [5, 5.41) is 0. The van der Waals surface area contributed by atoms with Crippen LogP contribution in [0.1, 0.15) is 19.8 Å². The average Bonchev–Trinajstić information content (AvgIpc) is 2.56. The van der Waals surface area contributed by atoms with Gasteiger partial charge in [0.05, 0.1) is 0 Å². The quantitative estimate of drug-likeness (QED) is 0.434. The Balaban J connectivity index is 0.000000354. The lowest BCUT2D eigenvalue weighted by Gasteiger charge is -2.10.